The highest BCUT2D eigenvalue weighted by molar-refractivity contribution is 6.19. The number of rotatable bonds is 4. The van der Waals surface area contributed by atoms with E-state index in [1.54, 1.807) is 43.6 Å². The Morgan fingerprint density at radius 3 is 2.63 bits per heavy atom. The van der Waals surface area contributed by atoms with E-state index in [9.17, 15) is 9.59 Å². The molecular formula is C13H14ClN3O2. The molecule has 2 rings (SSSR count). The first-order valence-corrected chi connectivity index (χ1v) is 6.38. The minimum Gasteiger partial charge on any atom is -0.326 e. The van der Waals surface area contributed by atoms with Crippen molar-refractivity contribution in [2.45, 2.75) is 6.92 Å². The van der Waals surface area contributed by atoms with E-state index in [1.165, 1.54) is 4.57 Å². The topological polar surface area (TPSA) is 66.9 Å². The molecule has 0 aliphatic rings. The third-order valence-electron chi connectivity index (χ3n) is 2.74. The molecule has 1 unspecified atom stereocenters. The van der Waals surface area contributed by atoms with Crippen LogP contribution in [0.25, 0.3) is 5.69 Å². The summed E-state index contributed by atoms with van der Waals surface area (Å²) in [5.41, 5.74) is 1.21. The number of anilines is 1. The first-order chi connectivity index (χ1) is 9.11. The molecule has 2 aromatic rings. The van der Waals surface area contributed by atoms with E-state index in [-0.39, 0.29) is 23.4 Å². The van der Waals surface area contributed by atoms with Crippen molar-refractivity contribution in [3.63, 3.8) is 0 Å². The van der Waals surface area contributed by atoms with Gasteiger partial charge >= 0.3 is 5.69 Å². The molecule has 0 bridgehead atoms. The van der Waals surface area contributed by atoms with E-state index in [0.29, 0.717) is 5.69 Å². The van der Waals surface area contributed by atoms with Crippen molar-refractivity contribution >= 4 is 23.2 Å². The van der Waals surface area contributed by atoms with Gasteiger partial charge in [0.25, 0.3) is 0 Å². The summed E-state index contributed by atoms with van der Waals surface area (Å²) in [6.07, 6.45) is 3.21. The number of nitrogens with one attached hydrogen (secondary N) is 2. The van der Waals surface area contributed by atoms with Crippen LogP contribution in [0.1, 0.15) is 6.92 Å². The van der Waals surface area contributed by atoms with Crippen LogP contribution < -0.4 is 11.0 Å². The highest BCUT2D eigenvalue weighted by atomic mass is 35.5. The predicted molar refractivity (Wildman–Crippen MR) is 74.9 cm³/mol. The Balaban J connectivity index is 2.13. The number of nitrogens with zero attached hydrogens (tertiary/aromatic N) is 1. The number of alkyl halides is 1. The van der Waals surface area contributed by atoms with Crippen LogP contribution in [-0.4, -0.2) is 21.3 Å². The average Bonchev–Trinajstić information content (AvgIpc) is 2.85. The number of carbonyl (C=O) groups is 1. The molecule has 1 atom stereocenters. The number of amides is 1. The average molecular weight is 280 g/mol. The van der Waals surface area contributed by atoms with Crippen LogP contribution in [0.3, 0.4) is 0 Å². The van der Waals surface area contributed by atoms with Crippen molar-refractivity contribution in [3.05, 3.63) is 47.1 Å². The first kappa shape index (κ1) is 13.4. The van der Waals surface area contributed by atoms with Gasteiger partial charge in [0.05, 0.1) is 5.69 Å². The van der Waals surface area contributed by atoms with Crippen molar-refractivity contribution in [1.82, 2.24) is 9.55 Å². The van der Waals surface area contributed by atoms with Crippen LogP contribution in [0.15, 0.2) is 41.5 Å². The number of hydrogen-bond donors (Lipinski definition) is 2. The van der Waals surface area contributed by atoms with Gasteiger partial charge in [-0.2, -0.15) is 0 Å². The number of carbonyl (C=O) groups excluding carboxylic acids is 1. The van der Waals surface area contributed by atoms with E-state index < -0.39 is 0 Å². The Kier molecular flexibility index (Phi) is 4.06. The summed E-state index contributed by atoms with van der Waals surface area (Å²) in [6, 6.07) is 7.01. The van der Waals surface area contributed by atoms with Crippen LogP contribution >= 0.6 is 11.6 Å². The van der Waals surface area contributed by atoms with Gasteiger partial charge in [0.1, 0.15) is 0 Å². The maximum Gasteiger partial charge on any atom is 0.330 e. The molecule has 6 heteroatoms. The highest BCUT2D eigenvalue weighted by Crippen LogP contribution is 2.13. The number of aromatic nitrogens is 2. The second-order valence-corrected chi connectivity index (χ2v) is 4.54. The van der Waals surface area contributed by atoms with Crippen LogP contribution in [0.5, 0.6) is 0 Å². The Morgan fingerprint density at radius 1 is 1.42 bits per heavy atom. The molecule has 0 saturated carbocycles. The molecule has 0 saturated heterocycles. The Bertz CT molecular complexity index is 615. The van der Waals surface area contributed by atoms with E-state index in [1.807, 2.05) is 0 Å². The number of hydrogen-bond acceptors (Lipinski definition) is 2. The third-order valence-corrected chi connectivity index (χ3v) is 3.20. The molecule has 2 N–H and O–H groups in total. The van der Waals surface area contributed by atoms with Crippen molar-refractivity contribution in [2.75, 3.05) is 11.2 Å². The molecule has 0 radical (unpaired) electrons. The van der Waals surface area contributed by atoms with E-state index >= 15 is 0 Å². The maximum atomic E-state index is 11.7. The van der Waals surface area contributed by atoms with Gasteiger partial charge < -0.3 is 10.3 Å². The van der Waals surface area contributed by atoms with Crippen LogP contribution in [0.2, 0.25) is 0 Å². The summed E-state index contributed by atoms with van der Waals surface area (Å²) >= 11 is 5.62. The van der Waals surface area contributed by atoms with Crippen LogP contribution in [0.4, 0.5) is 5.69 Å². The molecule has 0 aliphatic heterocycles. The van der Waals surface area contributed by atoms with Gasteiger partial charge in [0.2, 0.25) is 5.91 Å². The van der Waals surface area contributed by atoms with Gasteiger partial charge in [0.15, 0.2) is 0 Å². The molecule has 1 heterocycles. The summed E-state index contributed by atoms with van der Waals surface area (Å²) in [5.74, 6) is -0.0851. The fourth-order valence-electron chi connectivity index (χ4n) is 1.56. The largest absolute Gasteiger partial charge is 0.330 e. The number of aromatic amines is 1. The first-order valence-electron chi connectivity index (χ1n) is 5.85. The van der Waals surface area contributed by atoms with Gasteiger partial charge in [-0.15, -0.1) is 11.6 Å². The molecule has 5 nitrogen and oxygen atoms in total. The van der Waals surface area contributed by atoms with Gasteiger partial charge in [-0.25, -0.2) is 4.79 Å². The maximum absolute atomic E-state index is 11.7. The summed E-state index contributed by atoms with van der Waals surface area (Å²) in [7, 11) is 0. The lowest BCUT2D eigenvalue weighted by Crippen LogP contribution is -2.21. The van der Waals surface area contributed by atoms with Crippen molar-refractivity contribution in [3.8, 4) is 5.69 Å². The van der Waals surface area contributed by atoms with Gasteiger partial charge in [-0.1, -0.05) is 6.92 Å². The predicted octanol–water partition coefficient (Wildman–Crippen LogP) is 1.98. The minimum absolute atomic E-state index is 0.124. The zero-order chi connectivity index (χ0) is 13.8. The highest BCUT2D eigenvalue weighted by Gasteiger charge is 2.11. The van der Waals surface area contributed by atoms with Crippen molar-refractivity contribution in [1.29, 1.82) is 0 Å². The third kappa shape index (κ3) is 3.06. The van der Waals surface area contributed by atoms with Gasteiger partial charge in [-0.05, 0) is 24.3 Å². The number of H-pyrrole nitrogens is 1. The lowest BCUT2D eigenvalue weighted by Gasteiger charge is -2.09. The van der Waals surface area contributed by atoms with Crippen LogP contribution in [0, 0.1) is 5.92 Å². The van der Waals surface area contributed by atoms with Gasteiger partial charge in [0, 0.05) is 29.9 Å². The normalized spacial score (nSPS) is 12.1. The fraction of sp³-hybridized carbons (Fsp3) is 0.231. The SMILES string of the molecule is CC(CCl)C(=O)Nc1ccc(-n2cc[nH]c2=O)cc1. The second kappa shape index (κ2) is 5.75. The van der Waals surface area contributed by atoms with Crippen molar-refractivity contribution < 1.29 is 4.79 Å². The molecule has 1 aromatic carbocycles. The summed E-state index contributed by atoms with van der Waals surface area (Å²) in [6.45, 7) is 1.76. The Morgan fingerprint density at radius 2 is 2.11 bits per heavy atom. The van der Waals surface area contributed by atoms with E-state index in [4.69, 9.17) is 11.6 Å². The van der Waals surface area contributed by atoms with Crippen LogP contribution in [-0.2, 0) is 4.79 Å². The lowest BCUT2D eigenvalue weighted by atomic mass is 10.2. The summed E-state index contributed by atoms with van der Waals surface area (Å²) in [5, 5.41) is 2.76. The monoisotopic (exact) mass is 279 g/mol. The summed E-state index contributed by atoms with van der Waals surface area (Å²) in [4.78, 5) is 25.6. The Hall–Kier alpha value is -2.01. The molecular weight excluding hydrogens is 266 g/mol. The molecule has 0 fully saturated rings. The summed E-state index contributed by atoms with van der Waals surface area (Å²) < 4.78 is 1.48. The zero-order valence-electron chi connectivity index (χ0n) is 10.4. The zero-order valence-corrected chi connectivity index (χ0v) is 11.1. The second-order valence-electron chi connectivity index (χ2n) is 4.23. The van der Waals surface area contributed by atoms with E-state index in [2.05, 4.69) is 10.3 Å². The fourth-order valence-corrected chi connectivity index (χ4v) is 1.70. The van der Waals surface area contributed by atoms with Crippen molar-refractivity contribution in [2.24, 2.45) is 5.92 Å². The molecule has 0 aliphatic carbocycles. The van der Waals surface area contributed by atoms with Gasteiger partial charge in [-0.3, -0.25) is 9.36 Å². The standard InChI is InChI=1S/C13H14ClN3O2/c1-9(8-14)12(18)16-10-2-4-11(5-3-10)17-7-6-15-13(17)19/h2-7,9H,8H2,1H3,(H,15,19)(H,16,18). The molecule has 1 aromatic heterocycles. The smallest absolute Gasteiger partial charge is 0.326 e. The molecule has 19 heavy (non-hydrogen) atoms. The number of halogens is 1. The minimum atomic E-state index is -0.242. The number of benzene rings is 1. The Labute approximate surface area is 115 Å². The lowest BCUT2D eigenvalue weighted by molar-refractivity contribution is -0.118. The molecule has 100 valence electrons. The molecule has 0 spiro atoms. The quantitative estimate of drug-likeness (QED) is 0.841. The number of imidazole rings is 1. The van der Waals surface area contributed by atoms with E-state index in [0.717, 1.165) is 5.69 Å². The molecule has 1 amide bonds.